The van der Waals surface area contributed by atoms with E-state index in [2.05, 4.69) is 4.98 Å². The standard InChI is InChI=1S/C15H17F3N2O3/c16-15(17,18)4-6-20(8-12(22)9-21)14(23)11-1-2-13-10(7-11)3-5-19-13/h1-3,5,7,12,19,21-22H,4,6,8-9H2/t12-/m0/s1. The molecule has 1 aromatic heterocycles. The van der Waals surface area contributed by atoms with Crippen molar-refractivity contribution in [2.45, 2.75) is 18.7 Å². The summed E-state index contributed by atoms with van der Waals surface area (Å²) in [4.78, 5) is 16.3. The highest BCUT2D eigenvalue weighted by atomic mass is 19.4. The predicted octanol–water partition coefficient (Wildman–Crippen LogP) is 1.92. The molecule has 126 valence electrons. The number of nitrogens with zero attached hydrogens (tertiary/aromatic N) is 1. The van der Waals surface area contributed by atoms with Crippen LogP contribution in [0.1, 0.15) is 16.8 Å². The minimum Gasteiger partial charge on any atom is -0.394 e. The molecule has 1 atom stereocenters. The van der Waals surface area contributed by atoms with Crippen molar-refractivity contribution < 1.29 is 28.2 Å². The van der Waals surface area contributed by atoms with Crippen LogP contribution in [0.4, 0.5) is 13.2 Å². The van der Waals surface area contributed by atoms with Gasteiger partial charge in [0.1, 0.15) is 0 Å². The largest absolute Gasteiger partial charge is 0.394 e. The van der Waals surface area contributed by atoms with Crippen LogP contribution < -0.4 is 0 Å². The first kappa shape index (κ1) is 17.3. The molecule has 0 fully saturated rings. The number of fused-ring (bicyclic) bond motifs is 1. The van der Waals surface area contributed by atoms with E-state index < -0.39 is 37.8 Å². The second-order valence-electron chi connectivity index (χ2n) is 5.23. The van der Waals surface area contributed by atoms with Gasteiger partial charge in [-0.2, -0.15) is 13.2 Å². The normalized spacial score (nSPS) is 13.3. The Morgan fingerprint density at radius 1 is 1.30 bits per heavy atom. The molecule has 23 heavy (non-hydrogen) atoms. The number of hydrogen-bond donors (Lipinski definition) is 3. The lowest BCUT2D eigenvalue weighted by molar-refractivity contribution is -0.137. The minimum absolute atomic E-state index is 0.226. The number of amides is 1. The van der Waals surface area contributed by atoms with Crippen LogP contribution in [0.5, 0.6) is 0 Å². The van der Waals surface area contributed by atoms with E-state index in [1.165, 1.54) is 6.07 Å². The van der Waals surface area contributed by atoms with Gasteiger partial charge in [-0.3, -0.25) is 4.79 Å². The summed E-state index contributed by atoms with van der Waals surface area (Å²) in [5, 5.41) is 19.1. The number of hydrogen-bond acceptors (Lipinski definition) is 3. The number of benzene rings is 1. The fourth-order valence-corrected chi connectivity index (χ4v) is 2.22. The molecule has 3 N–H and O–H groups in total. The number of carbonyl (C=O) groups is 1. The van der Waals surface area contributed by atoms with Gasteiger partial charge in [0.2, 0.25) is 0 Å². The van der Waals surface area contributed by atoms with Gasteiger partial charge in [0.15, 0.2) is 0 Å². The zero-order valence-corrected chi connectivity index (χ0v) is 12.2. The van der Waals surface area contributed by atoms with Crippen LogP contribution in [-0.2, 0) is 0 Å². The number of aromatic amines is 1. The Labute approximate surface area is 130 Å². The molecule has 0 unspecified atom stereocenters. The molecule has 0 aliphatic carbocycles. The second kappa shape index (κ2) is 7.01. The average molecular weight is 330 g/mol. The van der Waals surface area contributed by atoms with E-state index in [0.29, 0.717) is 0 Å². The lowest BCUT2D eigenvalue weighted by atomic mass is 10.1. The smallest absolute Gasteiger partial charge is 0.390 e. The maximum absolute atomic E-state index is 12.4. The number of aliphatic hydroxyl groups excluding tert-OH is 2. The number of H-pyrrole nitrogens is 1. The maximum Gasteiger partial charge on any atom is 0.390 e. The van der Waals surface area contributed by atoms with Crippen LogP contribution in [0.25, 0.3) is 10.9 Å². The van der Waals surface area contributed by atoms with E-state index in [9.17, 15) is 23.1 Å². The molecule has 0 radical (unpaired) electrons. The second-order valence-corrected chi connectivity index (χ2v) is 5.23. The Balaban J connectivity index is 2.19. The van der Waals surface area contributed by atoms with Crippen molar-refractivity contribution >= 4 is 16.8 Å². The first-order chi connectivity index (χ1) is 10.8. The van der Waals surface area contributed by atoms with Gasteiger partial charge in [0.25, 0.3) is 5.91 Å². The summed E-state index contributed by atoms with van der Waals surface area (Å²) in [6.07, 6.45) is -5.19. The molecule has 2 rings (SSSR count). The Hall–Kier alpha value is -2.06. The van der Waals surface area contributed by atoms with E-state index in [1.807, 2.05) is 0 Å². The van der Waals surface area contributed by atoms with E-state index >= 15 is 0 Å². The van der Waals surface area contributed by atoms with Gasteiger partial charge in [-0.05, 0) is 24.3 Å². The molecule has 5 nitrogen and oxygen atoms in total. The Morgan fingerprint density at radius 3 is 2.70 bits per heavy atom. The van der Waals surface area contributed by atoms with Crippen LogP contribution in [0.3, 0.4) is 0 Å². The van der Waals surface area contributed by atoms with Crippen molar-refractivity contribution in [2.75, 3.05) is 19.7 Å². The highest BCUT2D eigenvalue weighted by molar-refractivity contribution is 5.98. The van der Waals surface area contributed by atoms with Gasteiger partial charge in [0.05, 0.1) is 19.1 Å². The third-order valence-electron chi connectivity index (χ3n) is 3.39. The Morgan fingerprint density at radius 2 is 2.04 bits per heavy atom. The summed E-state index contributed by atoms with van der Waals surface area (Å²) in [5.74, 6) is -0.621. The average Bonchev–Trinajstić information content (AvgIpc) is 2.96. The highest BCUT2D eigenvalue weighted by Gasteiger charge is 2.30. The highest BCUT2D eigenvalue weighted by Crippen LogP contribution is 2.21. The number of aromatic nitrogens is 1. The predicted molar refractivity (Wildman–Crippen MR) is 78.0 cm³/mol. The third kappa shape index (κ3) is 4.70. The minimum atomic E-state index is -4.41. The fraction of sp³-hybridized carbons (Fsp3) is 0.400. The summed E-state index contributed by atoms with van der Waals surface area (Å²) in [6, 6.07) is 6.48. The SMILES string of the molecule is O=C(c1ccc2[nH]ccc2c1)N(CCC(F)(F)F)C[C@H](O)CO. The quantitative estimate of drug-likeness (QED) is 0.757. The molecule has 0 spiro atoms. The summed E-state index contributed by atoms with van der Waals surface area (Å²) >= 11 is 0. The van der Waals surface area contributed by atoms with Crippen LogP contribution in [0.15, 0.2) is 30.5 Å². The Bertz CT molecular complexity index is 669. The molecular formula is C15H17F3N2O3. The molecule has 1 heterocycles. The van der Waals surface area contributed by atoms with Gasteiger partial charge in [-0.1, -0.05) is 0 Å². The van der Waals surface area contributed by atoms with Crippen molar-refractivity contribution in [1.82, 2.24) is 9.88 Å². The topological polar surface area (TPSA) is 76.6 Å². The Kier molecular flexibility index (Phi) is 5.27. The number of carbonyl (C=O) groups excluding carboxylic acids is 1. The van der Waals surface area contributed by atoms with Crippen LogP contribution in [0, 0.1) is 0 Å². The van der Waals surface area contributed by atoms with E-state index in [4.69, 9.17) is 5.11 Å². The molecule has 0 aliphatic heterocycles. The summed E-state index contributed by atoms with van der Waals surface area (Å²) < 4.78 is 37.2. The number of nitrogens with one attached hydrogen (secondary N) is 1. The maximum atomic E-state index is 12.4. The third-order valence-corrected chi connectivity index (χ3v) is 3.39. The molecule has 8 heteroatoms. The van der Waals surface area contributed by atoms with Gasteiger partial charge in [-0.25, -0.2) is 0 Å². The molecular weight excluding hydrogens is 313 g/mol. The lowest BCUT2D eigenvalue weighted by Crippen LogP contribution is -2.40. The van der Waals surface area contributed by atoms with E-state index in [0.717, 1.165) is 15.8 Å². The fourth-order valence-electron chi connectivity index (χ4n) is 2.22. The molecule has 2 aromatic rings. The molecule has 0 bridgehead atoms. The number of aliphatic hydroxyl groups is 2. The van der Waals surface area contributed by atoms with Crippen LogP contribution in [-0.4, -0.2) is 58.0 Å². The van der Waals surface area contributed by atoms with Crippen molar-refractivity contribution in [3.05, 3.63) is 36.0 Å². The van der Waals surface area contributed by atoms with Gasteiger partial charge < -0.3 is 20.1 Å². The molecule has 0 saturated carbocycles. The lowest BCUT2D eigenvalue weighted by Gasteiger charge is -2.25. The molecule has 1 amide bonds. The number of rotatable bonds is 6. The zero-order chi connectivity index (χ0) is 17.0. The summed E-state index contributed by atoms with van der Waals surface area (Å²) in [5.41, 5.74) is 1.03. The van der Waals surface area contributed by atoms with Crippen LogP contribution in [0.2, 0.25) is 0 Å². The number of halogens is 3. The first-order valence-corrected chi connectivity index (χ1v) is 7.02. The first-order valence-electron chi connectivity index (χ1n) is 7.02. The molecule has 1 aromatic carbocycles. The van der Waals surface area contributed by atoms with Crippen molar-refractivity contribution in [3.63, 3.8) is 0 Å². The van der Waals surface area contributed by atoms with Gasteiger partial charge in [0, 0.05) is 35.8 Å². The van der Waals surface area contributed by atoms with Crippen molar-refractivity contribution in [2.24, 2.45) is 0 Å². The summed E-state index contributed by atoms with van der Waals surface area (Å²) in [6.45, 7) is -1.58. The summed E-state index contributed by atoms with van der Waals surface area (Å²) in [7, 11) is 0. The van der Waals surface area contributed by atoms with Crippen molar-refractivity contribution in [1.29, 1.82) is 0 Å². The molecule has 0 aliphatic rings. The van der Waals surface area contributed by atoms with Gasteiger partial charge in [-0.15, -0.1) is 0 Å². The zero-order valence-electron chi connectivity index (χ0n) is 12.2. The van der Waals surface area contributed by atoms with E-state index in [-0.39, 0.29) is 12.1 Å². The molecule has 0 saturated heterocycles. The van der Waals surface area contributed by atoms with E-state index in [1.54, 1.807) is 24.4 Å². The van der Waals surface area contributed by atoms with Crippen LogP contribution >= 0.6 is 0 Å². The van der Waals surface area contributed by atoms with Crippen molar-refractivity contribution in [3.8, 4) is 0 Å². The van der Waals surface area contributed by atoms with Gasteiger partial charge >= 0.3 is 6.18 Å². The number of alkyl halides is 3. The monoisotopic (exact) mass is 330 g/mol.